The number of hydrogen-bond donors (Lipinski definition) is 0. The molecule has 0 unspecified atom stereocenters. The van der Waals surface area contributed by atoms with Gasteiger partial charge in [-0.3, -0.25) is 9.59 Å². The van der Waals surface area contributed by atoms with Crippen LogP contribution in [0, 0.1) is 0 Å². The molecule has 0 aromatic heterocycles. The number of aldehydes is 1. The fraction of sp³-hybridized carbons (Fsp3) is 0.333. The van der Waals surface area contributed by atoms with Crippen LogP contribution in [0.4, 0.5) is 5.69 Å². The van der Waals surface area contributed by atoms with Crippen LogP contribution >= 0.6 is 0 Å². The van der Waals surface area contributed by atoms with E-state index in [2.05, 4.69) is 0 Å². The third-order valence-electron chi connectivity index (χ3n) is 2.93. The van der Waals surface area contributed by atoms with E-state index in [1.54, 1.807) is 31.2 Å². The van der Waals surface area contributed by atoms with Gasteiger partial charge in [-0.25, -0.2) is 0 Å². The lowest BCUT2D eigenvalue weighted by Gasteiger charge is -2.28. The molecule has 1 aliphatic rings. The van der Waals surface area contributed by atoms with Crippen molar-refractivity contribution in [3.05, 3.63) is 23.3 Å². The summed E-state index contributed by atoms with van der Waals surface area (Å²) in [5, 5.41) is 0. The standard InChI is InChI=1S/C12H13NO3/c1-13-11(15)6-4-9-8(7-14)3-5-10(16-2)12(9)13/h3,5,7H,4,6H2,1-2H3. The summed E-state index contributed by atoms with van der Waals surface area (Å²) in [5.74, 6) is 0.685. The van der Waals surface area contributed by atoms with E-state index >= 15 is 0 Å². The number of ether oxygens (including phenoxy) is 1. The number of benzene rings is 1. The van der Waals surface area contributed by atoms with Crippen LogP contribution < -0.4 is 9.64 Å². The smallest absolute Gasteiger partial charge is 0.227 e. The molecule has 1 aliphatic heterocycles. The zero-order valence-corrected chi connectivity index (χ0v) is 9.32. The molecule has 16 heavy (non-hydrogen) atoms. The van der Waals surface area contributed by atoms with Crippen molar-refractivity contribution in [2.24, 2.45) is 0 Å². The molecule has 0 fully saturated rings. The van der Waals surface area contributed by atoms with Gasteiger partial charge in [-0.15, -0.1) is 0 Å². The molecule has 1 aromatic rings. The molecule has 0 saturated heterocycles. The maximum atomic E-state index is 11.6. The lowest BCUT2D eigenvalue weighted by Crippen LogP contribution is -2.32. The zero-order chi connectivity index (χ0) is 11.7. The third-order valence-corrected chi connectivity index (χ3v) is 2.93. The molecule has 0 N–H and O–H groups in total. The molecule has 0 spiro atoms. The van der Waals surface area contributed by atoms with Crippen molar-refractivity contribution in [3.8, 4) is 5.75 Å². The lowest BCUT2D eigenvalue weighted by molar-refractivity contribution is -0.118. The van der Waals surface area contributed by atoms with Crippen LogP contribution in [-0.2, 0) is 11.2 Å². The second-order valence-corrected chi connectivity index (χ2v) is 3.75. The van der Waals surface area contributed by atoms with E-state index in [1.165, 1.54) is 0 Å². The first-order valence-electron chi connectivity index (χ1n) is 5.10. The summed E-state index contributed by atoms with van der Waals surface area (Å²) < 4.78 is 5.22. The lowest BCUT2D eigenvalue weighted by atomic mass is 9.96. The molecule has 0 aliphatic carbocycles. The quantitative estimate of drug-likeness (QED) is 0.707. The summed E-state index contributed by atoms with van der Waals surface area (Å²) in [4.78, 5) is 24.1. The first-order valence-corrected chi connectivity index (χ1v) is 5.10. The van der Waals surface area contributed by atoms with Gasteiger partial charge in [0.25, 0.3) is 0 Å². The largest absolute Gasteiger partial charge is 0.495 e. The van der Waals surface area contributed by atoms with Crippen molar-refractivity contribution >= 4 is 17.9 Å². The highest BCUT2D eigenvalue weighted by molar-refractivity contribution is 5.99. The van der Waals surface area contributed by atoms with E-state index < -0.39 is 0 Å². The number of fused-ring (bicyclic) bond motifs is 1. The Morgan fingerprint density at radius 2 is 2.12 bits per heavy atom. The van der Waals surface area contributed by atoms with Crippen molar-refractivity contribution < 1.29 is 14.3 Å². The van der Waals surface area contributed by atoms with Gasteiger partial charge in [-0.05, 0) is 24.1 Å². The van der Waals surface area contributed by atoms with Gasteiger partial charge in [0.05, 0.1) is 12.8 Å². The summed E-state index contributed by atoms with van der Waals surface area (Å²) in [6, 6.07) is 3.45. The summed E-state index contributed by atoms with van der Waals surface area (Å²) in [7, 11) is 3.26. The van der Waals surface area contributed by atoms with Crippen LogP contribution in [0.5, 0.6) is 5.75 Å². The Kier molecular flexibility index (Phi) is 2.64. The molecule has 2 rings (SSSR count). The van der Waals surface area contributed by atoms with E-state index in [0.29, 0.717) is 24.2 Å². The Labute approximate surface area is 93.8 Å². The SMILES string of the molecule is COc1ccc(C=O)c2c1N(C)C(=O)CC2. The molecule has 0 saturated carbocycles. The monoisotopic (exact) mass is 219 g/mol. The van der Waals surface area contributed by atoms with Gasteiger partial charge in [-0.1, -0.05) is 0 Å². The van der Waals surface area contributed by atoms with E-state index in [4.69, 9.17) is 4.74 Å². The third kappa shape index (κ3) is 1.46. The average Bonchev–Trinajstić information content (AvgIpc) is 2.32. The van der Waals surface area contributed by atoms with Crippen molar-refractivity contribution in [1.82, 2.24) is 0 Å². The fourth-order valence-electron chi connectivity index (χ4n) is 2.06. The van der Waals surface area contributed by atoms with Gasteiger partial charge in [0.2, 0.25) is 5.91 Å². The van der Waals surface area contributed by atoms with Crippen molar-refractivity contribution in [2.45, 2.75) is 12.8 Å². The second kappa shape index (κ2) is 3.96. The van der Waals surface area contributed by atoms with E-state index in [9.17, 15) is 9.59 Å². The maximum Gasteiger partial charge on any atom is 0.227 e. The van der Waals surface area contributed by atoms with Crippen molar-refractivity contribution in [3.63, 3.8) is 0 Å². The van der Waals surface area contributed by atoms with Gasteiger partial charge in [0, 0.05) is 19.0 Å². The minimum atomic E-state index is 0.0499. The molecule has 1 heterocycles. The summed E-state index contributed by atoms with van der Waals surface area (Å²) in [6.07, 6.45) is 1.86. The molecule has 84 valence electrons. The van der Waals surface area contributed by atoms with Gasteiger partial charge in [0.1, 0.15) is 12.0 Å². The predicted molar refractivity (Wildman–Crippen MR) is 60.1 cm³/mol. The van der Waals surface area contributed by atoms with Crippen LogP contribution in [0.3, 0.4) is 0 Å². The van der Waals surface area contributed by atoms with Crippen LogP contribution in [-0.4, -0.2) is 26.4 Å². The highest BCUT2D eigenvalue weighted by Gasteiger charge is 2.26. The van der Waals surface area contributed by atoms with Crippen LogP contribution in [0.15, 0.2) is 12.1 Å². The Hall–Kier alpha value is -1.84. The topological polar surface area (TPSA) is 46.6 Å². The van der Waals surface area contributed by atoms with E-state index in [-0.39, 0.29) is 5.91 Å². The Balaban J connectivity index is 2.66. The predicted octanol–water partition coefficient (Wildman–Crippen LogP) is 1.42. The van der Waals surface area contributed by atoms with Crippen molar-refractivity contribution in [1.29, 1.82) is 0 Å². The zero-order valence-electron chi connectivity index (χ0n) is 9.32. The molecule has 0 atom stereocenters. The number of rotatable bonds is 2. The molecule has 4 nitrogen and oxygen atoms in total. The van der Waals surface area contributed by atoms with Crippen LogP contribution in [0.2, 0.25) is 0 Å². The average molecular weight is 219 g/mol. The summed E-state index contributed by atoms with van der Waals surface area (Å²) in [6.45, 7) is 0. The first-order chi connectivity index (χ1) is 7.69. The number of amides is 1. The van der Waals surface area contributed by atoms with Crippen LogP contribution in [0.25, 0.3) is 0 Å². The molecule has 1 amide bonds. The van der Waals surface area contributed by atoms with E-state index in [1.807, 2.05) is 0 Å². The second-order valence-electron chi connectivity index (χ2n) is 3.75. The molecule has 4 heteroatoms. The Morgan fingerprint density at radius 3 is 2.75 bits per heavy atom. The van der Waals surface area contributed by atoms with Gasteiger partial charge in [0.15, 0.2) is 0 Å². The molecule has 1 aromatic carbocycles. The number of hydrogen-bond acceptors (Lipinski definition) is 3. The molecular formula is C12H13NO3. The highest BCUT2D eigenvalue weighted by atomic mass is 16.5. The van der Waals surface area contributed by atoms with Gasteiger partial charge >= 0.3 is 0 Å². The van der Waals surface area contributed by atoms with Gasteiger partial charge < -0.3 is 9.64 Å². The maximum absolute atomic E-state index is 11.6. The number of methoxy groups -OCH3 is 1. The minimum Gasteiger partial charge on any atom is -0.495 e. The van der Waals surface area contributed by atoms with Crippen molar-refractivity contribution in [2.75, 3.05) is 19.1 Å². The Morgan fingerprint density at radius 1 is 1.38 bits per heavy atom. The normalized spacial score (nSPS) is 14.6. The van der Waals surface area contributed by atoms with Gasteiger partial charge in [-0.2, -0.15) is 0 Å². The number of carbonyl (C=O) groups is 2. The Bertz CT molecular complexity index is 454. The number of anilines is 1. The summed E-state index contributed by atoms with van der Waals surface area (Å²) >= 11 is 0. The number of carbonyl (C=O) groups excluding carboxylic acids is 2. The first kappa shape index (κ1) is 10.7. The summed E-state index contributed by atoms with van der Waals surface area (Å²) in [5.41, 5.74) is 2.26. The highest BCUT2D eigenvalue weighted by Crippen LogP contribution is 2.37. The molecule has 0 bridgehead atoms. The number of nitrogens with zero attached hydrogens (tertiary/aromatic N) is 1. The fourth-order valence-corrected chi connectivity index (χ4v) is 2.06. The molecular weight excluding hydrogens is 206 g/mol. The van der Waals surface area contributed by atoms with E-state index in [0.717, 1.165) is 17.5 Å². The minimum absolute atomic E-state index is 0.0499. The molecule has 0 radical (unpaired) electrons. The van der Waals surface area contributed by atoms with Crippen LogP contribution in [0.1, 0.15) is 22.3 Å².